The van der Waals surface area contributed by atoms with E-state index in [-0.39, 0.29) is 0 Å². The molecular weight excluding hydrogens is 266 g/mol. The van der Waals surface area contributed by atoms with E-state index in [9.17, 15) is 8.78 Å². The number of aromatic amines is 1. The quantitative estimate of drug-likeness (QED) is 0.704. The molecule has 2 heterocycles. The van der Waals surface area contributed by atoms with Gasteiger partial charge in [-0.15, -0.1) is 11.3 Å². The van der Waals surface area contributed by atoms with Crippen molar-refractivity contribution in [2.24, 2.45) is 0 Å². The Balaban J connectivity index is 2.19. The zero-order chi connectivity index (χ0) is 12.0. The minimum atomic E-state index is -0.903. The number of hydrogen-bond acceptors (Lipinski definition) is 2. The molecule has 2 aromatic heterocycles. The molecule has 0 fully saturated rings. The SMILES string of the molecule is Fc1cc2nc(-c3ccc(Cl)s3)[nH]c2cc1F. The maximum absolute atomic E-state index is 13.0. The number of H-pyrrole nitrogens is 1. The average Bonchev–Trinajstić information content (AvgIpc) is 2.85. The van der Waals surface area contributed by atoms with Crippen LogP contribution in [0.15, 0.2) is 24.3 Å². The number of rotatable bonds is 1. The molecule has 0 saturated heterocycles. The van der Waals surface area contributed by atoms with Gasteiger partial charge >= 0.3 is 0 Å². The molecule has 0 aliphatic carbocycles. The molecule has 0 aliphatic rings. The third kappa shape index (κ3) is 1.81. The molecule has 3 rings (SSSR count). The van der Waals surface area contributed by atoms with Crippen molar-refractivity contribution in [3.05, 3.63) is 40.2 Å². The predicted octanol–water partition coefficient (Wildman–Crippen LogP) is 4.22. The number of hydrogen-bond donors (Lipinski definition) is 1. The lowest BCUT2D eigenvalue weighted by Gasteiger charge is -1.90. The Morgan fingerprint density at radius 1 is 1.18 bits per heavy atom. The Labute approximate surface area is 104 Å². The molecule has 0 saturated carbocycles. The summed E-state index contributed by atoms with van der Waals surface area (Å²) in [6, 6.07) is 5.71. The van der Waals surface area contributed by atoms with Crippen molar-refractivity contribution >= 4 is 34.0 Å². The van der Waals surface area contributed by atoms with E-state index in [2.05, 4.69) is 9.97 Å². The van der Waals surface area contributed by atoms with Crippen LogP contribution in [0.1, 0.15) is 0 Å². The number of thiophene rings is 1. The van der Waals surface area contributed by atoms with Crippen LogP contribution in [0.25, 0.3) is 21.7 Å². The van der Waals surface area contributed by atoms with Crippen molar-refractivity contribution < 1.29 is 8.78 Å². The van der Waals surface area contributed by atoms with Gasteiger partial charge in [-0.25, -0.2) is 13.8 Å². The normalized spacial score (nSPS) is 11.2. The maximum atomic E-state index is 13.0. The molecule has 0 radical (unpaired) electrons. The van der Waals surface area contributed by atoms with Crippen LogP contribution in [-0.2, 0) is 0 Å². The maximum Gasteiger partial charge on any atom is 0.161 e. The first kappa shape index (κ1) is 10.7. The number of nitrogens with zero attached hydrogens (tertiary/aromatic N) is 1. The average molecular weight is 271 g/mol. The molecular formula is C11H5ClF2N2S. The van der Waals surface area contributed by atoms with Crippen molar-refractivity contribution in [2.75, 3.05) is 0 Å². The van der Waals surface area contributed by atoms with E-state index >= 15 is 0 Å². The molecule has 86 valence electrons. The molecule has 1 aromatic carbocycles. The van der Waals surface area contributed by atoms with Gasteiger partial charge in [-0.3, -0.25) is 0 Å². The van der Waals surface area contributed by atoms with Gasteiger partial charge in [0.2, 0.25) is 0 Å². The molecule has 0 atom stereocenters. The lowest BCUT2D eigenvalue weighted by atomic mass is 10.3. The lowest BCUT2D eigenvalue weighted by Crippen LogP contribution is -1.82. The molecule has 2 nitrogen and oxygen atoms in total. The number of aromatic nitrogens is 2. The predicted molar refractivity (Wildman–Crippen MR) is 64.3 cm³/mol. The van der Waals surface area contributed by atoms with Gasteiger partial charge in [0.05, 0.1) is 20.2 Å². The highest BCUT2D eigenvalue weighted by Gasteiger charge is 2.11. The van der Waals surface area contributed by atoms with Gasteiger partial charge in [-0.2, -0.15) is 0 Å². The van der Waals surface area contributed by atoms with E-state index in [4.69, 9.17) is 11.6 Å². The minimum absolute atomic E-state index is 0.392. The molecule has 0 amide bonds. The van der Waals surface area contributed by atoms with Gasteiger partial charge in [-0.1, -0.05) is 11.6 Å². The summed E-state index contributed by atoms with van der Waals surface area (Å²) >= 11 is 7.16. The Hall–Kier alpha value is -1.46. The summed E-state index contributed by atoms with van der Waals surface area (Å²) in [5.41, 5.74) is 0.854. The third-order valence-corrected chi connectivity index (χ3v) is 3.57. The highest BCUT2D eigenvalue weighted by molar-refractivity contribution is 7.19. The minimum Gasteiger partial charge on any atom is -0.337 e. The fourth-order valence-corrected chi connectivity index (χ4v) is 2.55. The fraction of sp³-hybridized carbons (Fsp3) is 0. The fourth-order valence-electron chi connectivity index (χ4n) is 1.56. The second-order valence-electron chi connectivity index (χ2n) is 3.47. The van der Waals surface area contributed by atoms with Gasteiger partial charge in [0.15, 0.2) is 11.6 Å². The van der Waals surface area contributed by atoms with Crippen molar-refractivity contribution in [1.82, 2.24) is 9.97 Å². The summed E-state index contributed by atoms with van der Waals surface area (Å²) in [6.07, 6.45) is 0. The van der Waals surface area contributed by atoms with Gasteiger partial charge in [0.25, 0.3) is 0 Å². The molecule has 6 heteroatoms. The molecule has 1 N–H and O–H groups in total. The highest BCUT2D eigenvalue weighted by Crippen LogP contribution is 2.30. The van der Waals surface area contributed by atoms with E-state index in [1.165, 1.54) is 11.3 Å². The zero-order valence-corrected chi connectivity index (χ0v) is 9.87. The number of halogens is 3. The van der Waals surface area contributed by atoms with Crippen molar-refractivity contribution in [3.63, 3.8) is 0 Å². The summed E-state index contributed by atoms with van der Waals surface area (Å²) in [5.74, 6) is -1.24. The first-order chi connectivity index (χ1) is 8.13. The standard InChI is InChI=1S/C11H5ClF2N2S/c12-10-2-1-9(17-10)11-15-7-3-5(13)6(14)4-8(7)16-11/h1-4H,(H,15,16). The number of fused-ring (bicyclic) bond motifs is 1. The number of benzene rings is 1. The van der Waals surface area contributed by atoms with E-state index in [1.54, 1.807) is 12.1 Å². The van der Waals surface area contributed by atoms with E-state index in [1.807, 2.05) is 0 Å². The first-order valence-corrected chi connectivity index (χ1v) is 5.93. The Bertz CT molecular complexity index is 666. The molecule has 0 aliphatic heterocycles. The Morgan fingerprint density at radius 3 is 2.65 bits per heavy atom. The smallest absolute Gasteiger partial charge is 0.161 e. The van der Waals surface area contributed by atoms with E-state index in [0.29, 0.717) is 21.2 Å². The van der Waals surface area contributed by atoms with E-state index < -0.39 is 11.6 Å². The van der Waals surface area contributed by atoms with Crippen LogP contribution in [0.4, 0.5) is 8.78 Å². The zero-order valence-electron chi connectivity index (χ0n) is 8.30. The van der Waals surface area contributed by atoms with Gasteiger partial charge in [0, 0.05) is 12.1 Å². The van der Waals surface area contributed by atoms with Crippen LogP contribution in [0.2, 0.25) is 4.34 Å². The number of imidazole rings is 1. The molecule has 3 aromatic rings. The van der Waals surface area contributed by atoms with Crippen LogP contribution in [-0.4, -0.2) is 9.97 Å². The second kappa shape index (κ2) is 3.78. The van der Waals surface area contributed by atoms with Gasteiger partial charge in [0.1, 0.15) is 5.82 Å². The van der Waals surface area contributed by atoms with E-state index in [0.717, 1.165) is 17.0 Å². The van der Waals surface area contributed by atoms with Crippen LogP contribution in [0.5, 0.6) is 0 Å². The summed E-state index contributed by atoms with van der Waals surface area (Å²) in [5, 5.41) is 0. The summed E-state index contributed by atoms with van der Waals surface area (Å²) in [6.45, 7) is 0. The summed E-state index contributed by atoms with van der Waals surface area (Å²) in [4.78, 5) is 7.94. The topological polar surface area (TPSA) is 28.7 Å². The van der Waals surface area contributed by atoms with Crippen LogP contribution in [0, 0.1) is 11.6 Å². The summed E-state index contributed by atoms with van der Waals surface area (Å²) < 4.78 is 26.7. The second-order valence-corrected chi connectivity index (χ2v) is 5.19. The van der Waals surface area contributed by atoms with Gasteiger partial charge < -0.3 is 4.98 Å². The summed E-state index contributed by atoms with van der Waals surface area (Å²) in [7, 11) is 0. The molecule has 0 unspecified atom stereocenters. The molecule has 0 bridgehead atoms. The largest absolute Gasteiger partial charge is 0.337 e. The lowest BCUT2D eigenvalue weighted by molar-refractivity contribution is 0.510. The highest BCUT2D eigenvalue weighted by atomic mass is 35.5. The first-order valence-electron chi connectivity index (χ1n) is 4.74. The Morgan fingerprint density at radius 2 is 1.94 bits per heavy atom. The number of nitrogens with one attached hydrogen (secondary N) is 1. The van der Waals surface area contributed by atoms with Gasteiger partial charge in [-0.05, 0) is 12.1 Å². The molecule has 0 spiro atoms. The Kier molecular flexibility index (Phi) is 2.38. The van der Waals surface area contributed by atoms with Crippen molar-refractivity contribution in [3.8, 4) is 10.7 Å². The molecule has 17 heavy (non-hydrogen) atoms. The van der Waals surface area contributed by atoms with Crippen LogP contribution >= 0.6 is 22.9 Å². The van der Waals surface area contributed by atoms with Crippen LogP contribution < -0.4 is 0 Å². The van der Waals surface area contributed by atoms with Crippen molar-refractivity contribution in [2.45, 2.75) is 0 Å². The monoisotopic (exact) mass is 270 g/mol. The third-order valence-electron chi connectivity index (χ3n) is 2.33. The van der Waals surface area contributed by atoms with Crippen molar-refractivity contribution in [1.29, 1.82) is 0 Å². The van der Waals surface area contributed by atoms with Crippen LogP contribution in [0.3, 0.4) is 0 Å².